The van der Waals surface area contributed by atoms with Crippen molar-refractivity contribution in [3.05, 3.63) is 70.6 Å². The Hall–Kier alpha value is -3.50. The summed E-state index contributed by atoms with van der Waals surface area (Å²) in [5.41, 5.74) is 9.87. The molecule has 1 saturated heterocycles. The number of anilines is 4. The SMILES string of the molecule is Cc1ccc(NC(=O)c2sc(N3CCN(c4ccccc4)CC3)c(C#N)c2N)cc1. The minimum absolute atomic E-state index is 0.257. The van der Waals surface area contributed by atoms with Gasteiger partial charge in [-0.2, -0.15) is 5.26 Å². The van der Waals surface area contributed by atoms with Crippen LogP contribution in [0, 0.1) is 18.3 Å². The van der Waals surface area contributed by atoms with Gasteiger partial charge in [0.05, 0.1) is 5.69 Å². The van der Waals surface area contributed by atoms with Crippen molar-refractivity contribution in [2.75, 3.05) is 47.0 Å². The molecule has 2 heterocycles. The fraction of sp³-hybridized carbons (Fsp3) is 0.217. The van der Waals surface area contributed by atoms with Crippen molar-refractivity contribution in [1.29, 1.82) is 5.26 Å². The molecule has 0 bridgehead atoms. The Bertz CT molecular complexity index is 1080. The summed E-state index contributed by atoms with van der Waals surface area (Å²) in [6, 6.07) is 20.1. The first-order valence-corrected chi connectivity index (χ1v) is 10.6. The van der Waals surface area contributed by atoms with Crippen molar-refractivity contribution in [3.8, 4) is 6.07 Å². The molecule has 0 atom stereocenters. The number of nitrogen functional groups attached to an aromatic ring is 1. The number of carbonyl (C=O) groups is 1. The zero-order chi connectivity index (χ0) is 21.1. The van der Waals surface area contributed by atoms with E-state index in [4.69, 9.17) is 5.73 Å². The van der Waals surface area contributed by atoms with Gasteiger partial charge in [0, 0.05) is 37.6 Å². The first-order chi connectivity index (χ1) is 14.6. The highest BCUT2D eigenvalue weighted by Crippen LogP contribution is 2.38. The zero-order valence-corrected chi connectivity index (χ0v) is 17.6. The number of amides is 1. The molecule has 1 aliphatic rings. The molecule has 0 spiro atoms. The number of benzene rings is 2. The van der Waals surface area contributed by atoms with Crippen molar-refractivity contribution in [3.63, 3.8) is 0 Å². The number of nitrogens with zero attached hydrogens (tertiary/aromatic N) is 3. The third-order valence-electron chi connectivity index (χ3n) is 5.24. The van der Waals surface area contributed by atoms with Crippen LogP contribution in [-0.4, -0.2) is 32.1 Å². The van der Waals surface area contributed by atoms with Crippen molar-refractivity contribution >= 4 is 39.3 Å². The molecule has 0 saturated carbocycles. The second kappa shape index (κ2) is 8.47. The van der Waals surface area contributed by atoms with E-state index in [1.54, 1.807) is 0 Å². The van der Waals surface area contributed by atoms with Gasteiger partial charge in [-0.15, -0.1) is 11.3 Å². The number of hydrogen-bond acceptors (Lipinski definition) is 6. The summed E-state index contributed by atoms with van der Waals surface area (Å²) in [4.78, 5) is 17.7. The minimum Gasteiger partial charge on any atom is -0.396 e. The van der Waals surface area contributed by atoms with Gasteiger partial charge in [0.1, 0.15) is 21.5 Å². The van der Waals surface area contributed by atoms with Crippen LogP contribution in [0.15, 0.2) is 54.6 Å². The number of nitriles is 1. The van der Waals surface area contributed by atoms with Crippen LogP contribution in [0.4, 0.5) is 22.1 Å². The van der Waals surface area contributed by atoms with Crippen LogP contribution >= 0.6 is 11.3 Å². The summed E-state index contributed by atoms with van der Waals surface area (Å²) in [6.07, 6.45) is 0. The standard InChI is InChI=1S/C23H23N5OS/c1-16-7-9-17(10-8-16)26-22(29)21-20(25)19(15-24)23(30-21)28-13-11-27(12-14-28)18-5-3-2-4-6-18/h2-10H,11-14,25H2,1H3,(H,26,29). The largest absolute Gasteiger partial charge is 0.396 e. The Labute approximate surface area is 180 Å². The van der Waals surface area contributed by atoms with Gasteiger partial charge in [-0.3, -0.25) is 4.79 Å². The molecule has 3 N–H and O–H groups in total. The Kier molecular flexibility index (Phi) is 5.59. The van der Waals surface area contributed by atoms with Crippen LogP contribution in [0.2, 0.25) is 0 Å². The van der Waals surface area contributed by atoms with Crippen LogP contribution in [0.1, 0.15) is 20.8 Å². The third-order valence-corrected chi connectivity index (χ3v) is 6.51. The van der Waals surface area contributed by atoms with E-state index in [1.165, 1.54) is 17.0 Å². The second-order valence-electron chi connectivity index (χ2n) is 7.27. The maximum absolute atomic E-state index is 12.8. The molecule has 3 aromatic rings. The van der Waals surface area contributed by atoms with E-state index in [1.807, 2.05) is 49.4 Å². The average Bonchev–Trinajstić information content (AvgIpc) is 3.12. The van der Waals surface area contributed by atoms with E-state index in [2.05, 4.69) is 33.3 Å². The molecular weight excluding hydrogens is 394 g/mol. The number of rotatable bonds is 4. The number of piperazine rings is 1. The first kappa shape index (κ1) is 19.8. The molecule has 0 unspecified atom stereocenters. The number of nitrogens with one attached hydrogen (secondary N) is 1. The van der Waals surface area contributed by atoms with Gasteiger partial charge < -0.3 is 20.9 Å². The molecular formula is C23H23N5OS. The van der Waals surface area contributed by atoms with E-state index in [0.29, 0.717) is 16.1 Å². The summed E-state index contributed by atoms with van der Waals surface area (Å²) >= 11 is 1.29. The Morgan fingerprint density at radius 1 is 1.03 bits per heavy atom. The molecule has 0 radical (unpaired) electrons. The van der Waals surface area contributed by atoms with Gasteiger partial charge in [-0.05, 0) is 31.2 Å². The van der Waals surface area contributed by atoms with E-state index >= 15 is 0 Å². The summed E-state index contributed by atoms with van der Waals surface area (Å²) < 4.78 is 0. The Balaban J connectivity index is 1.51. The highest BCUT2D eigenvalue weighted by atomic mass is 32.1. The van der Waals surface area contributed by atoms with Crippen LogP contribution in [0.3, 0.4) is 0 Å². The van der Waals surface area contributed by atoms with Gasteiger partial charge in [0.25, 0.3) is 5.91 Å². The van der Waals surface area contributed by atoms with Gasteiger partial charge >= 0.3 is 0 Å². The van der Waals surface area contributed by atoms with Gasteiger partial charge in [-0.1, -0.05) is 35.9 Å². The smallest absolute Gasteiger partial charge is 0.267 e. The Morgan fingerprint density at radius 2 is 1.67 bits per heavy atom. The highest BCUT2D eigenvalue weighted by molar-refractivity contribution is 7.19. The lowest BCUT2D eigenvalue weighted by Crippen LogP contribution is -2.46. The number of para-hydroxylation sites is 1. The number of aryl methyl sites for hydroxylation is 1. The lowest BCUT2D eigenvalue weighted by atomic mass is 10.2. The van der Waals surface area contributed by atoms with E-state index < -0.39 is 0 Å². The average molecular weight is 418 g/mol. The second-order valence-corrected chi connectivity index (χ2v) is 8.27. The normalized spacial score (nSPS) is 13.7. The molecule has 1 aromatic heterocycles. The van der Waals surface area contributed by atoms with Gasteiger partial charge in [0.15, 0.2) is 0 Å². The zero-order valence-electron chi connectivity index (χ0n) is 16.8. The number of carbonyl (C=O) groups excluding carboxylic acids is 1. The van der Waals surface area contributed by atoms with Crippen molar-refractivity contribution in [2.45, 2.75) is 6.92 Å². The van der Waals surface area contributed by atoms with Crippen LogP contribution in [0.5, 0.6) is 0 Å². The molecule has 0 aliphatic carbocycles. The minimum atomic E-state index is -0.285. The molecule has 6 nitrogen and oxygen atoms in total. The summed E-state index contributed by atoms with van der Waals surface area (Å²) in [5.74, 6) is -0.285. The van der Waals surface area contributed by atoms with Gasteiger partial charge in [-0.25, -0.2) is 0 Å². The number of hydrogen-bond donors (Lipinski definition) is 2. The summed E-state index contributed by atoms with van der Waals surface area (Å²) in [5, 5.41) is 13.3. The van der Waals surface area contributed by atoms with Crippen molar-refractivity contribution in [1.82, 2.24) is 0 Å². The number of nitrogens with two attached hydrogens (primary N) is 1. The van der Waals surface area contributed by atoms with Gasteiger partial charge in [0.2, 0.25) is 0 Å². The molecule has 1 fully saturated rings. The molecule has 1 amide bonds. The van der Waals surface area contributed by atoms with E-state index in [9.17, 15) is 10.1 Å². The molecule has 4 rings (SSSR count). The molecule has 7 heteroatoms. The Morgan fingerprint density at radius 3 is 2.30 bits per heavy atom. The third kappa shape index (κ3) is 3.95. The van der Waals surface area contributed by atoms with Crippen molar-refractivity contribution < 1.29 is 4.79 Å². The van der Waals surface area contributed by atoms with Crippen LogP contribution in [0.25, 0.3) is 0 Å². The fourth-order valence-corrected chi connectivity index (χ4v) is 4.68. The highest BCUT2D eigenvalue weighted by Gasteiger charge is 2.27. The fourth-order valence-electron chi connectivity index (χ4n) is 3.56. The summed E-state index contributed by atoms with van der Waals surface area (Å²) in [7, 11) is 0. The predicted molar refractivity (Wildman–Crippen MR) is 123 cm³/mol. The first-order valence-electron chi connectivity index (χ1n) is 9.82. The molecule has 152 valence electrons. The van der Waals surface area contributed by atoms with Crippen molar-refractivity contribution in [2.24, 2.45) is 0 Å². The topological polar surface area (TPSA) is 85.4 Å². The molecule has 1 aliphatic heterocycles. The summed E-state index contributed by atoms with van der Waals surface area (Å²) in [6.45, 7) is 5.21. The predicted octanol–water partition coefficient (Wildman–Crippen LogP) is 4.09. The molecule has 30 heavy (non-hydrogen) atoms. The maximum Gasteiger partial charge on any atom is 0.267 e. The lowest BCUT2D eigenvalue weighted by molar-refractivity contribution is 0.103. The maximum atomic E-state index is 12.8. The lowest BCUT2D eigenvalue weighted by Gasteiger charge is -2.36. The van der Waals surface area contributed by atoms with Crippen LogP contribution < -0.4 is 20.9 Å². The molecule has 2 aromatic carbocycles. The van der Waals surface area contributed by atoms with E-state index in [0.717, 1.165) is 36.7 Å². The van der Waals surface area contributed by atoms with Crippen LogP contribution in [-0.2, 0) is 0 Å². The van der Waals surface area contributed by atoms with E-state index in [-0.39, 0.29) is 11.6 Å². The quantitative estimate of drug-likeness (QED) is 0.668. The monoisotopic (exact) mass is 417 g/mol. The number of thiophene rings is 1.